The number of para-hydroxylation sites is 2. The molecule has 0 amide bonds. The van der Waals surface area contributed by atoms with Crippen molar-refractivity contribution < 1.29 is 0 Å². The molecule has 8 aromatic rings. The Labute approximate surface area is 232 Å². The summed E-state index contributed by atoms with van der Waals surface area (Å²) >= 11 is 0. The van der Waals surface area contributed by atoms with Crippen LogP contribution in [0.1, 0.15) is 17.5 Å². The largest absolute Gasteiger partial charge is 0.309 e. The maximum Gasteiger partial charge on any atom is 0.0549 e. The average Bonchev–Trinajstić information content (AvgIpc) is 3.51. The van der Waals surface area contributed by atoms with Gasteiger partial charge in [-0.15, -0.1) is 0 Å². The molecule has 2 aromatic heterocycles. The molecule has 0 unspecified atom stereocenters. The summed E-state index contributed by atoms with van der Waals surface area (Å²) in [4.78, 5) is 0. The monoisotopic (exact) mass is 510 g/mol. The van der Waals surface area contributed by atoms with Gasteiger partial charge in [0.15, 0.2) is 0 Å². The van der Waals surface area contributed by atoms with Crippen LogP contribution in [0.3, 0.4) is 0 Å². The van der Waals surface area contributed by atoms with Gasteiger partial charge in [0, 0.05) is 32.5 Å². The molecule has 40 heavy (non-hydrogen) atoms. The van der Waals surface area contributed by atoms with Crippen LogP contribution >= 0.6 is 0 Å². The van der Waals surface area contributed by atoms with Crippen molar-refractivity contribution in [1.29, 1.82) is 0 Å². The van der Waals surface area contributed by atoms with Gasteiger partial charge in [-0.05, 0) is 60.2 Å². The lowest BCUT2D eigenvalue weighted by Gasteiger charge is -2.17. The Morgan fingerprint density at radius 3 is 1.77 bits per heavy atom. The maximum absolute atomic E-state index is 2.49. The highest BCUT2D eigenvalue weighted by Crippen LogP contribution is 2.41. The number of aryl methyl sites for hydroxylation is 1. The molecule has 6 aromatic carbocycles. The molecular weight excluding hydrogens is 484 g/mol. The highest BCUT2D eigenvalue weighted by molar-refractivity contribution is 6.19. The zero-order valence-electron chi connectivity index (χ0n) is 22.0. The van der Waals surface area contributed by atoms with Gasteiger partial charge in [-0.2, -0.15) is 0 Å². The molecule has 0 fully saturated rings. The van der Waals surface area contributed by atoms with Crippen LogP contribution < -0.4 is 0 Å². The summed E-state index contributed by atoms with van der Waals surface area (Å²) in [7, 11) is 0. The zero-order valence-corrected chi connectivity index (χ0v) is 22.0. The minimum absolute atomic E-state index is 1.10. The lowest BCUT2D eigenvalue weighted by Crippen LogP contribution is -2.02. The van der Waals surface area contributed by atoms with Crippen molar-refractivity contribution in [1.82, 2.24) is 9.13 Å². The van der Waals surface area contributed by atoms with Crippen LogP contribution in [0.2, 0.25) is 0 Å². The Hall–Kier alpha value is -5.08. The first-order valence-corrected chi connectivity index (χ1v) is 14.1. The zero-order chi connectivity index (χ0) is 26.2. The summed E-state index contributed by atoms with van der Waals surface area (Å²) in [6.45, 7) is 0. The van der Waals surface area contributed by atoms with E-state index in [0.29, 0.717) is 0 Å². The normalized spacial score (nSPS) is 13.2. The van der Waals surface area contributed by atoms with Crippen molar-refractivity contribution in [2.24, 2.45) is 0 Å². The first kappa shape index (κ1) is 21.8. The van der Waals surface area contributed by atoms with E-state index in [1.807, 2.05) is 0 Å². The van der Waals surface area contributed by atoms with Gasteiger partial charge in [0.25, 0.3) is 0 Å². The van der Waals surface area contributed by atoms with Crippen molar-refractivity contribution in [3.63, 3.8) is 0 Å². The van der Waals surface area contributed by atoms with E-state index in [4.69, 9.17) is 0 Å². The fourth-order valence-electron chi connectivity index (χ4n) is 7.00. The summed E-state index contributed by atoms with van der Waals surface area (Å²) in [6, 6.07) is 44.7. The van der Waals surface area contributed by atoms with Gasteiger partial charge in [-0.25, -0.2) is 0 Å². The minimum Gasteiger partial charge on any atom is -0.309 e. The second-order valence-electron chi connectivity index (χ2n) is 10.9. The molecule has 1 aliphatic rings. The van der Waals surface area contributed by atoms with Crippen LogP contribution in [0, 0.1) is 0 Å². The molecule has 0 N–H and O–H groups in total. The molecule has 2 nitrogen and oxygen atoms in total. The molecule has 0 aliphatic heterocycles. The standard InChI is InChI=1S/C38H26N2/c1-3-15-27-25(11-1)13-9-21-33(27)39-35-19-7-5-17-29(35)31-24-38-32(23-37(31)39)30-18-6-8-20-36(30)40(38)34-22-10-14-26-12-2-4-16-28(26)34/h1,3-11,13-24H,2,12H2. The quantitative estimate of drug-likeness (QED) is 0.219. The number of rotatable bonds is 2. The van der Waals surface area contributed by atoms with E-state index < -0.39 is 0 Å². The molecule has 2 heteroatoms. The molecule has 0 atom stereocenters. The van der Waals surface area contributed by atoms with Gasteiger partial charge in [0.2, 0.25) is 0 Å². The predicted molar refractivity (Wildman–Crippen MR) is 170 cm³/mol. The van der Waals surface area contributed by atoms with Gasteiger partial charge in [0.05, 0.1) is 33.4 Å². The van der Waals surface area contributed by atoms with Crippen LogP contribution in [-0.2, 0) is 6.42 Å². The first-order valence-electron chi connectivity index (χ1n) is 14.1. The summed E-state index contributed by atoms with van der Waals surface area (Å²) in [6.07, 6.45) is 6.84. The van der Waals surface area contributed by atoms with Crippen LogP contribution in [0.15, 0.2) is 127 Å². The van der Waals surface area contributed by atoms with E-state index in [1.165, 1.54) is 76.9 Å². The summed E-state index contributed by atoms with van der Waals surface area (Å²) in [5.74, 6) is 0. The predicted octanol–water partition coefficient (Wildman–Crippen LogP) is 9.99. The highest BCUT2D eigenvalue weighted by atomic mass is 15.0. The Kier molecular flexibility index (Phi) is 4.48. The SMILES string of the molecule is C1=Cc2c(cccc2-n2c3ccccc3c3cc4c(cc32)c2ccccc2n4-c2cccc3ccccc23)CC1. The van der Waals surface area contributed by atoms with E-state index in [0.717, 1.165) is 12.8 Å². The van der Waals surface area contributed by atoms with Crippen molar-refractivity contribution >= 4 is 60.5 Å². The first-order chi connectivity index (χ1) is 19.9. The van der Waals surface area contributed by atoms with Crippen molar-refractivity contribution in [2.75, 3.05) is 0 Å². The van der Waals surface area contributed by atoms with Crippen LogP contribution in [0.25, 0.3) is 71.8 Å². The van der Waals surface area contributed by atoms with E-state index in [1.54, 1.807) is 0 Å². The molecule has 0 saturated heterocycles. The van der Waals surface area contributed by atoms with Gasteiger partial charge in [-0.1, -0.05) is 97.1 Å². The number of hydrogen-bond acceptors (Lipinski definition) is 0. The Morgan fingerprint density at radius 2 is 1.02 bits per heavy atom. The molecule has 0 radical (unpaired) electrons. The van der Waals surface area contributed by atoms with E-state index in [-0.39, 0.29) is 0 Å². The number of hydrogen-bond donors (Lipinski definition) is 0. The molecule has 0 bridgehead atoms. The van der Waals surface area contributed by atoms with Gasteiger partial charge in [-0.3, -0.25) is 0 Å². The number of fused-ring (bicyclic) bond motifs is 8. The Morgan fingerprint density at radius 1 is 0.450 bits per heavy atom. The second-order valence-corrected chi connectivity index (χ2v) is 10.9. The highest BCUT2D eigenvalue weighted by Gasteiger charge is 2.20. The second kappa shape index (κ2) is 8.21. The van der Waals surface area contributed by atoms with Gasteiger partial charge in [0.1, 0.15) is 0 Å². The molecule has 0 saturated carbocycles. The number of benzene rings is 6. The van der Waals surface area contributed by atoms with Gasteiger partial charge < -0.3 is 9.13 Å². The fraction of sp³-hybridized carbons (Fsp3) is 0.0526. The minimum atomic E-state index is 1.10. The smallest absolute Gasteiger partial charge is 0.0549 e. The van der Waals surface area contributed by atoms with Crippen LogP contribution in [0.4, 0.5) is 0 Å². The van der Waals surface area contributed by atoms with E-state index in [9.17, 15) is 0 Å². The average molecular weight is 511 g/mol. The summed E-state index contributed by atoms with van der Waals surface area (Å²) < 4.78 is 4.95. The summed E-state index contributed by atoms with van der Waals surface area (Å²) in [5, 5.41) is 7.64. The number of nitrogens with zero attached hydrogens (tertiary/aromatic N) is 2. The third kappa shape index (κ3) is 2.93. The van der Waals surface area contributed by atoms with Crippen LogP contribution in [0.5, 0.6) is 0 Å². The molecule has 2 heterocycles. The van der Waals surface area contributed by atoms with Crippen molar-refractivity contribution in [3.8, 4) is 11.4 Å². The lowest BCUT2D eigenvalue weighted by molar-refractivity contribution is 0.977. The van der Waals surface area contributed by atoms with Crippen LogP contribution in [-0.4, -0.2) is 9.13 Å². The fourth-order valence-corrected chi connectivity index (χ4v) is 7.00. The number of allylic oxidation sites excluding steroid dienone is 1. The molecule has 0 spiro atoms. The Balaban J connectivity index is 1.46. The third-order valence-electron chi connectivity index (χ3n) is 8.75. The third-order valence-corrected chi connectivity index (χ3v) is 8.75. The van der Waals surface area contributed by atoms with E-state index >= 15 is 0 Å². The van der Waals surface area contributed by atoms with Gasteiger partial charge >= 0.3 is 0 Å². The van der Waals surface area contributed by atoms with Crippen molar-refractivity contribution in [3.05, 3.63) is 139 Å². The molecule has 1 aliphatic carbocycles. The molecule has 9 rings (SSSR count). The molecular formula is C38H26N2. The topological polar surface area (TPSA) is 9.86 Å². The lowest BCUT2D eigenvalue weighted by atomic mass is 9.96. The number of aromatic nitrogens is 2. The van der Waals surface area contributed by atoms with Crippen molar-refractivity contribution in [2.45, 2.75) is 12.8 Å². The molecule has 188 valence electrons. The Bertz CT molecular complexity index is 2320. The maximum atomic E-state index is 2.49. The summed E-state index contributed by atoms with van der Waals surface area (Å²) in [5.41, 5.74) is 10.2. The van der Waals surface area contributed by atoms with E-state index in [2.05, 4.69) is 143 Å².